The number of aromatic nitrogens is 2. The summed E-state index contributed by atoms with van der Waals surface area (Å²) >= 11 is 0. The van der Waals surface area contributed by atoms with Crippen LogP contribution in [0.4, 0.5) is 14.5 Å². The molecular weight excluding hydrogens is 176 g/mol. The number of hydrogen-bond donors (Lipinski definition) is 1. The predicted molar refractivity (Wildman–Crippen MR) is 46.6 cm³/mol. The van der Waals surface area contributed by atoms with E-state index in [1.807, 2.05) is 6.92 Å². The zero-order valence-electron chi connectivity index (χ0n) is 7.50. The molecule has 5 heteroatoms. The summed E-state index contributed by atoms with van der Waals surface area (Å²) in [4.78, 5) is 0. The molecule has 0 bridgehead atoms. The minimum absolute atomic E-state index is 0.0841. The second-order valence-corrected chi connectivity index (χ2v) is 2.94. The molecule has 0 amide bonds. The fourth-order valence-electron chi connectivity index (χ4n) is 1.08. The highest BCUT2D eigenvalue weighted by atomic mass is 19.3. The van der Waals surface area contributed by atoms with Crippen molar-refractivity contribution in [1.82, 2.24) is 9.78 Å². The van der Waals surface area contributed by atoms with E-state index in [0.717, 1.165) is 5.69 Å². The number of alkyl halides is 2. The van der Waals surface area contributed by atoms with Crippen molar-refractivity contribution in [2.24, 2.45) is 0 Å². The van der Waals surface area contributed by atoms with Crippen LogP contribution in [0.25, 0.3) is 0 Å². The Balaban J connectivity index is 2.41. The van der Waals surface area contributed by atoms with E-state index in [2.05, 4.69) is 5.10 Å². The molecule has 1 heterocycles. The van der Waals surface area contributed by atoms with Crippen LogP contribution in [0.1, 0.15) is 18.5 Å². The van der Waals surface area contributed by atoms with Gasteiger partial charge in [0.15, 0.2) is 0 Å². The molecule has 0 aromatic carbocycles. The third-order valence-corrected chi connectivity index (χ3v) is 1.93. The number of anilines is 1. The largest absolute Gasteiger partial charge is 0.396 e. The van der Waals surface area contributed by atoms with Crippen LogP contribution in [0, 0.1) is 6.92 Å². The third-order valence-electron chi connectivity index (χ3n) is 1.93. The van der Waals surface area contributed by atoms with Crippen LogP contribution < -0.4 is 5.73 Å². The summed E-state index contributed by atoms with van der Waals surface area (Å²) in [6, 6.07) is 0. The fraction of sp³-hybridized carbons (Fsp3) is 0.625. The van der Waals surface area contributed by atoms with Crippen LogP contribution in [-0.4, -0.2) is 16.2 Å². The molecule has 1 aromatic heterocycles. The Bertz CT molecular complexity index is 270. The van der Waals surface area contributed by atoms with Crippen molar-refractivity contribution < 1.29 is 8.78 Å². The van der Waals surface area contributed by atoms with E-state index in [1.54, 1.807) is 4.68 Å². The van der Waals surface area contributed by atoms with E-state index < -0.39 is 6.43 Å². The molecule has 0 spiro atoms. The first kappa shape index (κ1) is 9.95. The summed E-state index contributed by atoms with van der Waals surface area (Å²) < 4.78 is 25.2. The first-order valence-corrected chi connectivity index (χ1v) is 4.17. The molecule has 2 N–H and O–H groups in total. The third kappa shape index (κ3) is 2.68. The molecule has 74 valence electrons. The van der Waals surface area contributed by atoms with Crippen molar-refractivity contribution in [3.63, 3.8) is 0 Å². The van der Waals surface area contributed by atoms with Gasteiger partial charge in [-0.1, -0.05) is 0 Å². The van der Waals surface area contributed by atoms with Gasteiger partial charge in [-0.2, -0.15) is 5.10 Å². The summed E-state index contributed by atoms with van der Waals surface area (Å²) in [7, 11) is 0. The summed E-state index contributed by atoms with van der Waals surface area (Å²) in [5.41, 5.74) is 6.99. The Hall–Kier alpha value is -1.13. The predicted octanol–water partition coefficient (Wildman–Crippen LogP) is 1.82. The van der Waals surface area contributed by atoms with Gasteiger partial charge in [-0.3, -0.25) is 4.68 Å². The molecule has 0 atom stereocenters. The quantitative estimate of drug-likeness (QED) is 0.785. The highest BCUT2D eigenvalue weighted by molar-refractivity contribution is 5.39. The van der Waals surface area contributed by atoms with Crippen molar-refractivity contribution in [3.8, 4) is 0 Å². The van der Waals surface area contributed by atoms with E-state index >= 15 is 0 Å². The van der Waals surface area contributed by atoms with Gasteiger partial charge in [0.25, 0.3) is 0 Å². The fourth-order valence-corrected chi connectivity index (χ4v) is 1.08. The molecule has 0 saturated heterocycles. The van der Waals surface area contributed by atoms with E-state index in [-0.39, 0.29) is 6.42 Å². The maximum absolute atomic E-state index is 11.8. The normalized spacial score (nSPS) is 11.1. The number of nitrogens with two attached hydrogens (primary N) is 1. The average Bonchev–Trinajstić information content (AvgIpc) is 2.35. The van der Waals surface area contributed by atoms with Crippen molar-refractivity contribution in [2.45, 2.75) is 32.7 Å². The summed E-state index contributed by atoms with van der Waals surface area (Å²) in [6.07, 6.45) is -0.343. The van der Waals surface area contributed by atoms with Gasteiger partial charge in [0.1, 0.15) is 0 Å². The van der Waals surface area contributed by atoms with E-state index in [0.29, 0.717) is 18.7 Å². The van der Waals surface area contributed by atoms with E-state index in [4.69, 9.17) is 5.73 Å². The van der Waals surface area contributed by atoms with Gasteiger partial charge in [0.05, 0.1) is 17.6 Å². The Morgan fingerprint density at radius 3 is 2.77 bits per heavy atom. The Morgan fingerprint density at radius 2 is 2.31 bits per heavy atom. The monoisotopic (exact) mass is 189 g/mol. The lowest BCUT2D eigenvalue weighted by molar-refractivity contribution is 0.132. The van der Waals surface area contributed by atoms with Crippen molar-refractivity contribution in [2.75, 3.05) is 5.73 Å². The Morgan fingerprint density at radius 1 is 1.62 bits per heavy atom. The number of halogens is 2. The van der Waals surface area contributed by atoms with Crippen molar-refractivity contribution >= 4 is 5.69 Å². The van der Waals surface area contributed by atoms with Gasteiger partial charge in [-0.25, -0.2) is 8.78 Å². The minimum Gasteiger partial charge on any atom is -0.396 e. The van der Waals surface area contributed by atoms with Crippen LogP contribution in [0.2, 0.25) is 0 Å². The zero-order valence-corrected chi connectivity index (χ0v) is 7.50. The van der Waals surface area contributed by atoms with Crippen molar-refractivity contribution in [3.05, 3.63) is 11.9 Å². The molecule has 0 fully saturated rings. The molecule has 1 rings (SSSR count). The van der Waals surface area contributed by atoms with Crippen LogP contribution in [0.3, 0.4) is 0 Å². The molecule has 0 aliphatic heterocycles. The maximum Gasteiger partial charge on any atom is 0.238 e. The smallest absolute Gasteiger partial charge is 0.238 e. The van der Waals surface area contributed by atoms with Gasteiger partial charge < -0.3 is 5.73 Å². The number of rotatable bonds is 4. The van der Waals surface area contributed by atoms with Crippen LogP contribution in [0.15, 0.2) is 6.20 Å². The van der Waals surface area contributed by atoms with Gasteiger partial charge in [0, 0.05) is 13.0 Å². The zero-order chi connectivity index (χ0) is 9.84. The molecule has 13 heavy (non-hydrogen) atoms. The number of aryl methyl sites for hydroxylation is 1. The molecule has 3 nitrogen and oxygen atoms in total. The second kappa shape index (κ2) is 4.20. The van der Waals surface area contributed by atoms with Gasteiger partial charge in [0.2, 0.25) is 6.43 Å². The first-order valence-electron chi connectivity index (χ1n) is 4.17. The minimum atomic E-state index is -2.23. The summed E-state index contributed by atoms with van der Waals surface area (Å²) in [5.74, 6) is 0. The molecule has 1 aromatic rings. The van der Waals surface area contributed by atoms with E-state index in [9.17, 15) is 8.78 Å². The molecule has 0 radical (unpaired) electrons. The topological polar surface area (TPSA) is 43.8 Å². The molecule has 0 saturated carbocycles. The maximum atomic E-state index is 11.8. The van der Waals surface area contributed by atoms with Crippen LogP contribution >= 0.6 is 0 Å². The van der Waals surface area contributed by atoms with Gasteiger partial charge in [-0.15, -0.1) is 0 Å². The average molecular weight is 189 g/mol. The molecule has 0 aliphatic rings. The first-order chi connectivity index (χ1) is 6.11. The second-order valence-electron chi connectivity index (χ2n) is 2.94. The molecular formula is C8H13F2N3. The van der Waals surface area contributed by atoms with Gasteiger partial charge in [-0.05, 0) is 13.3 Å². The summed E-state index contributed by atoms with van der Waals surface area (Å²) in [5, 5.41) is 3.96. The van der Waals surface area contributed by atoms with Crippen LogP contribution in [-0.2, 0) is 6.54 Å². The number of nitrogens with zero attached hydrogens (tertiary/aromatic N) is 2. The lowest BCUT2D eigenvalue weighted by Gasteiger charge is -2.03. The lowest BCUT2D eigenvalue weighted by Crippen LogP contribution is -2.04. The summed E-state index contributed by atoms with van der Waals surface area (Å²) in [6.45, 7) is 2.33. The lowest BCUT2D eigenvalue weighted by atomic mass is 10.3. The van der Waals surface area contributed by atoms with Crippen molar-refractivity contribution in [1.29, 1.82) is 0 Å². The molecule has 0 unspecified atom stereocenters. The van der Waals surface area contributed by atoms with Crippen LogP contribution in [0.5, 0.6) is 0 Å². The SMILES string of the molecule is Cc1c(N)cnn1CCCC(F)F. The Kier molecular flexibility index (Phi) is 3.22. The number of nitrogen functional groups attached to an aromatic ring is 1. The molecule has 0 aliphatic carbocycles. The number of hydrogen-bond acceptors (Lipinski definition) is 2. The standard InChI is InChI=1S/C8H13F2N3/c1-6-7(11)5-12-13(6)4-2-3-8(9)10/h5,8H,2-4,11H2,1H3. The van der Waals surface area contributed by atoms with E-state index in [1.165, 1.54) is 6.20 Å². The highest BCUT2D eigenvalue weighted by Gasteiger charge is 2.05. The van der Waals surface area contributed by atoms with Gasteiger partial charge >= 0.3 is 0 Å². The highest BCUT2D eigenvalue weighted by Crippen LogP contribution is 2.10. The Labute approximate surface area is 75.5 Å².